The second kappa shape index (κ2) is 12.7. The Morgan fingerprint density at radius 2 is 1.82 bits per heavy atom. The number of halogens is 1. The molecule has 0 radical (unpaired) electrons. The zero-order valence-electron chi connectivity index (χ0n) is 16.4. The lowest BCUT2D eigenvalue weighted by Crippen LogP contribution is -2.38. The zero-order chi connectivity index (χ0) is 20.0. The van der Waals surface area contributed by atoms with Gasteiger partial charge in [-0.05, 0) is 56.0 Å². The highest BCUT2D eigenvalue weighted by molar-refractivity contribution is 5.79. The SMILES string of the molecule is CCNC(=NCCCCOc1ccc(F)cc1)NCCC(O)c1ccccc1. The molecule has 2 aromatic carbocycles. The smallest absolute Gasteiger partial charge is 0.191 e. The molecule has 0 fully saturated rings. The van der Waals surface area contributed by atoms with Gasteiger partial charge in [-0.3, -0.25) is 4.99 Å². The van der Waals surface area contributed by atoms with Crippen LogP contribution in [0.15, 0.2) is 59.6 Å². The third kappa shape index (κ3) is 8.39. The molecular weight excluding hydrogens is 357 g/mol. The van der Waals surface area contributed by atoms with Crippen molar-refractivity contribution >= 4 is 5.96 Å². The Bertz CT molecular complexity index is 693. The quantitative estimate of drug-likeness (QED) is 0.313. The molecule has 3 N–H and O–H groups in total. The summed E-state index contributed by atoms with van der Waals surface area (Å²) in [5, 5.41) is 16.7. The Morgan fingerprint density at radius 3 is 2.54 bits per heavy atom. The van der Waals surface area contributed by atoms with Crippen molar-refractivity contribution < 1.29 is 14.2 Å². The number of benzene rings is 2. The lowest BCUT2D eigenvalue weighted by molar-refractivity contribution is 0.168. The Labute approximate surface area is 166 Å². The first-order chi connectivity index (χ1) is 13.7. The monoisotopic (exact) mass is 387 g/mol. The summed E-state index contributed by atoms with van der Waals surface area (Å²) in [6.07, 6.45) is 1.89. The number of hydrogen-bond acceptors (Lipinski definition) is 3. The molecule has 1 atom stereocenters. The molecule has 0 saturated heterocycles. The summed E-state index contributed by atoms with van der Waals surface area (Å²) < 4.78 is 18.4. The predicted octanol–water partition coefficient (Wildman–Crippen LogP) is 3.66. The van der Waals surface area contributed by atoms with E-state index in [4.69, 9.17) is 4.74 Å². The van der Waals surface area contributed by atoms with Crippen molar-refractivity contribution in [2.75, 3.05) is 26.2 Å². The number of hydrogen-bond donors (Lipinski definition) is 3. The number of nitrogens with one attached hydrogen (secondary N) is 2. The van der Waals surface area contributed by atoms with Gasteiger partial charge in [0, 0.05) is 19.6 Å². The van der Waals surface area contributed by atoms with E-state index >= 15 is 0 Å². The van der Waals surface area contributed by atoms with E-state index in [1.54, 1.807) is 12.1 Å². The van der Waals surface area contributed by atoms with Crippen molar-refractivity contribution in [1.82, 2.24) is 10.6 Å². The number of aliphatic hydroxyl groups excluding tert-OH is 1. The van der Waals surface area contributed by atoms with Crippen LogP contribution in [0.4, 0.5) is 4.39 Å². The molecule has 152 valence electrons. The number of unbranched alkanes of at least 4 members (excludes halogenated alkanes) is 1. The molecule has 28 heavy (non-hydrogen) atoms. The fourth-order valence-electron chi connectivity index (χ4n) is 2.64. The largest absolute Gasteiger partial charge is 0.494 e. The van der Waals surface area contributed by atoms with Crippen LogP contribution in [0.5, 0.6) is 5.75 Å². The van der Waals surface area contributed by atoms with Gasteiger partial charge in [0.2, 0.25) is 0 Å². The minimum absolute atomic E-state index is 0.263. The van der Waals surface area contributed by atoms with Crippen molar-refractivity contribution in [3.63, 3.8) is 0 Å². The van der Waals surface area contributed by atoms with Gasteiger partial charge < -0.3 is 20.5 Å². The molecule has 0 spiro atoms. The van der Waals surface area contributed by atoms with Gasteiger partial charge in [-0.15, -0.1) is 0 Å². The maximum atomic E-state index is 12.8. The Hall–Kier alpha value is -2.60. The van der Waals surface area contributed by atoms with Crippen molar-refractivity contribution in [2.24, 2.45) is 4.99 Å². The van der Waals surface area contributed by atoms with E-state index in [0.29, 0.717) is 31.9 Å². The topological polar surface area (TPSA) is 65.9 Å². The molecule has 0 aliphatic heterocycles. The Morgan fingerprint density at radius 1 is 1.07 bits per heavy atom. The summed E-state index contributed by atoms with van der Waals surface area (Å²) in [4.78, 5) is 4.55. The average molecular weight is 387 g/mol. The first kappa shape index (κ1) is 21.7. The second-order valence-corrected chi connectivity index (χ2v) is 6.41. The van der Waals surface area contributed by atoms with E-state index in [1.807, 2.05) is 37.3 Å². The molecule has 5 nitrogen and oxygen atoms in total. The molecule has 6 heteroatoms. The predicted molar refractivity (Wildman–Crippen MR) is 111 cm³/mol. The first-order valence-corrected chi connectivity index (χ1v) is 9.82. The van der Waals surface area contributed by atoms with E-state index in [9.17, 15) is 9.50 Å². The standard InChI is InChI=1S/C22H30FN3O2/c1-2-24-22(26-16-14-21(27)18-8-4-3-5-9-18)25-15-6-7-17-28-20-12-10-19(23)11-13-20/h3-5,8-13,21,27H,2,6-7,14-17H2,1H3,(H2,24,25,26). The van der Waals surface area contributed by atoms with Crippen LogP contribution in [0.1, 0.15) is 37.9 Å². The zero-order valence-corrected chi connectivity index (χ0v) is 16.4. The number of guanidine groups is 1. The van der Waals surface area contributed by atoms with Gasteiger partial charge in [0.25, 0.3) is 0 Å². The number of rotatable bonds is 11. The van der Waals surface area contributed by atoms with Gasteiger partial charge in [-0.25, -0.2) is 4.39 Å². The van der Waals surface area contributed by atoms with Crippen LogP contribution in [-0.4, -0.2) is 37.3 Å². The maximum absolute atomic E-state index is 12.8. The third-order valence-electron chi connectivity index (χ3n) is 4.14. The number of aliphatic imine (C=N–C) groups is 1. The summed E-state index contributed by atoms with van der Waals surface area (Å²) >= 11 is 0. The molecule has 2 aromatic rings. The van der Waals surface area contributed by atoms with Crippen LogP contribution < -0.4 is 15.4 Å². The normalized spacial score (nSPS) is 12.5. The summed E-state index contributed by atoms with van der Waals surface area (Å²) in [7, 11) is 0. The maximum Gasteiger partial charge on any atom is 0.191 e. The molecule has 0 aromatic heterocycles. The molecule has 2 rings (SSSR count). The van der Waals surface area contributed by atoms with Gasteiger partial charge in [0.15, 0.2) is 5.96 Å². The lowest BCUT2D eigenvalue weighted by atomic mass is 10.1. The van der Waals surface area contributed by atoms with Crippen molar-refractivity contribution in [3.05, 3.63) is 66.0 Å². The van der Waals surface area contributed by atoms with Crippen molar-refractivity contribution in [1.29, 1.82) is 0 Å². The van der Waals surface area contributed by atoms with Crippen LogP contribution in [0, 0.1) is 5.82 Å². The van der Waals surface area contributed by atoms with E-state index in [1.165, 1.54) is 12.1 Å². The van der Waals surface area contributed by atoms with Crippen LogP contribution in [0.25, 0.3) is 0 Å². The molecule has 1 unspecified atom stereocenters. The Kier molecular flexibility index (Phi) is 9.86. The summed E-state index contributed by atoms with van der Waals surface area (Å²) in [5.74, 6) is 1.17. The molecular formula is C22H30FN3O2. The van der Waals surface area contributed by atoms with E-state index < -0.39 is 6.10 Å². The fourth-order valence-corrected chi connectivity index (χ4v) is 2.64. The summed E-state index contributed by atoms with van der Waals surface area (Å²) in [6, 6.07) is 15.7. The van der Waals surface area contributed by atoms with Gasteiger partial charge in [0.1, 0.15) is 11.6 Å². The van der Waals surface area contributed by atoms with Crippen LogP contribution in [0.2, 0.25) is 0 Å². The molecule has 0 amide bonds. The van der Waals surface area contributed by atoms with Gasteiger partial charge in [-0.1, -0.05) is 30.3 Å². The molecule has 0 heterocycles. The highest BCUT2D eigenvalue weighted by atomic mass is 19.1. The highest BCUT2D eigenvalue weighted by Gasteiger charge is 2.06. The summed E-state index contributed by atoms with van der Waals surface area (Å²) in [6.45, 7) is 4.70. The number of aliphatic hydroxyl groups is 1. The highest BCUT2D eigenvalue weighted by Crippen LogP contribution is 2.14. The number of nitrogens with zero attached hydrogens (tertiary/aromatic N) is 1. The minimum Gasteiger partial charge on any atom is -0.494 e. The fraction of sp³-hybridized carbons (Fsp3) is 0.409. The minimum atomic E-state index is -0.486. The average Bonchev–Trinajstić information content (AvgIpc) is 2.72. The van der Waals surface area contributed by atoms with E-state index in [0.717, 1.165) is 30.9 Å². The number of ether oxygens (including phenoxy) is 1. The van der Waals surface area contributed by atoms with Crippen molar-refractivity contribution in [3.8, 4) is 5.75 Å². The molecule has 0 aliphatic carbocycles. The van der Waals surface area contributed by atoms with E-state index in [-0.39, 0.29) is 5.82 Å². The first-order valence-electron chi connectivity index (χ1n) is 9.82. The summed E-state index contributed by atoms with van der Waals surface area (Å²) in [5.41, 5.74) is 0.924. The van der Waals surface area contributed by atoms with Gasteiger partial charge >= 0.3 is 0 Å². The third-order valence-corrected chi connectivity index (χ3v) is 4.14. The second-order valence-electron chi connectivity index (χ2n) is 6.41. The molecule has 0 saturated carbocycles. The van der Waals surface area contributed by atoms with Gasteiger partial charge in [0.05, 0.1) is 12.7 Å². The lowest BCUT2D eigenvalue weighted by Gasteiger charge is -2.14. The van der Waals surface area contributed by atoms with E-state index in [2.05, 4.69) is 15.6 Å². The van der Waals surface area contributed by atoms with Crippen LogP contribution in [0.3, 0.4) is 0 Å². The molecule has 0 bridgehead atoms. The van der Waals surface area contributed by atoms with Crippen molar-refractivity contribution in [2.45, 2.75) is 32.3 Å². The molecule has 0 aliphatic rings. The van der Waals surface area contributed by atoms with Crippen LogP contribution in [-0.2, 0) is 0 Å². The van der Waals surface area contributed by atoms with Gasteiger partial charge in [-0.2, -0.15) is 0 Å². The van der Waals surface area contributed by atoms with Crippen LogP contribution >= 0.6 is 0 Å². The Balaban J connectivity index is 1.63.